The second kappa shape index (κ2) is 7.68. The van der Waals surface area contributed by atoms with Crippen LogP contribution >= 0.6 is 7.14 Å². The van der Waals surface area contributed by atoms with Crippen LogP contribution in [-0.2, 0) is 4.57 Å². The van der Waals surface area contributed by atoms with Crippen molar-refractivity contribution in [2.45, 2.75) is 6.92 Å². The zero-order valence-electron chi connectivity index (χ0n) is 17.4. The fourth-order valence-electron chi connectivity index (χ4n) is 4.20. The van der Waals surface area contributed by atoms with Crippen LogP contribution in [0.15, 0.2) is 97.1 Å². The van der Waals surface area contributed by atoms with Crippen LogP contribution in [0.25, 0.3) is 21.7 Å². The Hall–Kier alpha value is -3.42. The van der Waals surface area contributed by atoms with Crippen LogP contribution in [-0.4, -0.2) is 12.1 Å². The Morgan fingerprint density at radius 2 is 1.39 bits per heavy atom. The van der Waals surface area contributed by atoms with Gasteiger partial charge in [-0.25, -0.2) is 4.98 Å². The number of fused-ring (bicyclic) bond motifs is 3. The van der Waals surface area contributed by atoms with Crippen LogP contribution in [0.3, 0.4) is 0 Å². The van der Waals surface area contributed by atoms with Gasteiger partial charge in [0.25, 0.3) is 0 Å². The Bertz CT molecular complexity index is 1400. The van der Waals surface area contributed by atoms with Gasteiger partial charge in [-0.2, -0.15) is 0 Å². The number of hydrogen-bond acceptors (Lipinski definition) is 3. The standard InChI is InChI=1S/C27H22NO2P/c1-19-16-17-24-23(18-19)26-22(14-9-15-25(26)30-2)27(28-24)31(29,20-10-5-3-6-11-20)21-12-7-4-8-13-21/h3-18H,1-2H3. The topological polar surface area (TPSA) is 39.2 Å². The van der Waals surface area contributed by atoms with E-state index in [9.17, 15) is 0 Å². The van der Waals surface area contributed by atoms with E-state index < -0.39 is 7.14 Å². The summed E-state index contributed by atoms with van der Waals surface area (Å²) in [5.74, 6) is 0.754. The Labute approximate surface area is 181 Å². The summed E-state index contributed by atoms with van der Waals surface area (Å²) in [6, 6.07) is 31.4. The molecule has 0 aliphatic carbocycles. The maximum atomic E-state index is 15.0. The van der Waals surface area contributed by atoms with Crippen molar-refractivity contribution in [3.05, 3.63) is 103 Å². The normalized spacial score (nSPS) is 11.7. The van der Waals surface area contributed by atoms with Crippen LogP contribution in [0.1, 0.15) is 5.56 Å². The molecule has 0 aliphatic rings. The summed E-state index contributed by atoms with van der Waals surface area (Å²) >= 11 is 0. The van der Waals surface area contributed by atoms with Crippen LogP contribution in [0.2, 0.25) is 0 Å². The van der Waals surface area contributed by atoms with E-state index in [0.29, 0.717) is 5.44 Å². The third kappa shape index (κ3) is 3.13. The number of pyridine rings is 1. The van der Waals surface area contributed by atoms with Gasteiger partial charge in [-0.3, -0.25) is 0 Å². The van der Waals surface area contributed by atoms with Crippen molar-refractivity contribution in [3.63, 3.8) is 0 Å². The van der Waals surface area contributed by atoms with Crippen LogP contribution in [0, 0.1) is 6.92 Å². The molecule has 5 rings (SSSR count). The number of benzene rings is 4. The van der Waals surface area contributed by atoms with E-state index in [2.05, 4.69) is 13.0 Å². The Morgan fingerprint density at radius 1 is 0.742 bits per heavy atom. The molecule has 0 radical (unpaired) electrons. The summed E-state index contributed by atoms with van der Waals surface area (Å²) < 4.78 is 20.8. The zero-order valence-corrected chi connectivity index (χ0v) is 18.3. The molecule has 3 nitrogen and oxygen atoms in total. The number of ether oxygens (including phenoxy) is 1. The van der Waals surface area contributed by atoms with E-state index in [-0.39, 0.29) is 0 Å². The van der Waals surface area contributed by atoms with Gasteiger partial charge in [0.05, 0.1) is 12.6 Å². The predicted molar refractivity (Wildman–Crippen MR) is 130 cm³/mol. The van der Waals surface area contributed by atoms with Gasteiger partial charge in [0.1, 0.15) is 11.2 Å². The van der Waals surface area contributed by atoms with Crippen molar-refractivity contribution in [1.29, 1.82) is 0 Å². The highest BCUT2D eigenvalue weighted by molar-refractivity contribution is 7.85. The first-order chi connectivity index (χ1) is 15.1. The fraction of sp³-hybridized carbons (Fsp3) is 0.0741. The van der Waals surface area contributed by atoms with Crippen molar-refractivity contribution in [3.8, 4) is 5.75 Å². The van der Waals surface area contributed by atoms with E-state index in [1.165, 1.54) is 0 Å². The highest BCUT2D eigenvalue weighted by Crippen LogP contribution is 2.45. The van der Waals surface area contributed by atoms with Gasteiger partial charge in [-0.1, -0.05) is 84.4 Å². The third-order valence-electron chi connectivity index (χ3n) is 5.67. The molecular weight excluding hydrogens is 401 g/mol. The molecule has 0 bridgehead atoms. The Kier molecular flexibility index (Phi) is 4.84. The smallest absolute Gasteiger partial charge is 0.189 e. The van der Waals surface area contributed by atoms with E-state index >= 15 is 4.57 Å². The van der Waals surface area contributed by atoms with Gasteiger partial charge in [-0.15, -0.1) is 0 Å². The van der Waals surface area contributed by atoms with Gasteiger partial charge >= 0.3 is 0 Å². The first-order valence-electron chi connectivity index (χ1n) is 10.2. The summed E-state index contributed by atoms with van der Waals surface area (Å²) in [5.41, 5.74) is 2.54. The van der Waals surface area contributed by atoms with E-state index in [0.717, 1.165) is 43.6 Å². The number of rotatable bonds is 4. The number of nitrogens with zero attached hydrogens (tertiary/aromatic N) is 1. The highest BCUT2D eigenvalue weighted by atomic mass is 31.2. The Morgan fingerprint density at radius 3 is 2.00 bits per heavy atom. The van der Waals surface area contributed by atoms with Crippen LogP contribution in [0.5, 0.6) is 5.75 Å². The molecule has 4 heteroatoms. The quantitative estimate of drug-likeness (QED) is 0.289. The molecule has 5 aromatic rings. The molecule has 0 N–H and O–H groups in total. The molecule has 0 spiro atoms. The van der Waals surface area contributed by atoms with Crippen molar-refractivity contribution in [2.24, 2.45) is 0 Å². The summed E-state index contributed by atoms with van der Waals surface area (Å²) in [5, 5.41) is 4.34. The predicted octanol–water partition coefficient (Wildman–Crippen LogP) is 5.34. The minimum Gasteiger partial charge on any atom is -0.496 e. The van der Waals surface area contributed by atoms with Gasteiger partial charge in [0.15, 0.2) is 7.14 Å². The zero-order chi connectivity index (χ0) is 21.4. The van der Waals surface area contributed by atoms with Crippen molar-refractivity contribution in [1.82, 2.24) is 4.98 Å². The largest absolute Gasteiger partial charge is 0.496 e. The lowest BCUT2D eigenvalue weighted by molar-refractivity contribution is 0.420. The van der Waals surface area contributed by atoms with Crippen LogP contribution < -0.4 is 20.8 Å². The van der Waals surface area contributed by atoms with Gasteiger partial charge in [0, 0.05) is 26.8 Å². The molecule has 1 aromatic heterocycles. The van der Waals surface area contributed by atoms with Crippen molar-refractivity contribution in [2.75, 3.05) is 7.11 Å². The average molecular weight is 423 g/mol. The molecular formula is C27H22NO2P. The molecule has 0 unspecified atom stereocenters. The number of aromatic nitrogens is 1. The first-order valence-corrected chi connectivity index (χ1v) is 11.9. The summed E-state index contributed by atoms with van der Waals surface area (Å²) in [7, 11) is -1.56. The molecule has 0 atom stereocenters. The fourth-order valence-corrected chi connectivity index (χ4v) is 6.94. The van der Waals surface area contributed by atoms with E-state index in [4.69, 9.17) is 9.72 Å². The second-order valence-corrected chi connectivity index (χ2v) is 10.3. The lowest BCUT2D eigenvalue weighted by Crippen LogP contribution is -2.27. The highest BCUT2D eigenvalue weighted by Gasteiger charge is 2.33. The van der Waals surface area contributed by atoms with Gasteiger partial charge < -0.3 is 9.30 Å². The number of hydrogen-bond donors (Lipinski definition) is 0. The molecule has 0 saturated carbocycles. The molecule has 0 saturated heterocycles. The number of methoxy groups -OCH3 is 1. The maximum absolute atomic E-state index is 15.0. The SMILES string of the molecule is COc1cccc2c(P(=O)(c3ccccc3)c3ccccc3)nc3ccc(C)cc3c12. The van der Waals surface area contributed by atoms with Gasteiger partial charge in [0.2, 0.25) is 0 Å². The van der Waals surface area contributed by atoms with E-state index in [1.807, 2.05) is 91.0 Å². The second-order valence-electron chi connectivity index (χ2n) is 7.62. The lowest BCUT2D eigenvalue weighted by Gasteiger charge is -2.22. The summed E-state index contributed by atoms with van der Waals surface area (Å²) in [4.78, 5) is 5.03. The molecule has 4 aromatic carbocycles. The number of aryl methyl sites for hydroxylation is 1. The van der Waals surface area contributed by atoms with Gasteiger partial charge in [-0.05, 0) is 25.1 Å². The molecule has 0 fully saturated rings. The van der Waals surface area contributed by atoms with Crippen LogP contribution in [0.4, 0.5) is 0 Å². The molecule has 0 amide bonds. The summed E-state index contributed by atoms with van der Waals surface area (Å²) in [6.07, 6.45) is 0. The van der Waals surface area contributed by atoms with E-state index in [1.54, 1.807) is 7.11 Å². The maximum Gasteiger partial charge on any atom is 0.189 e. The lowest BCUT2D eigenvalue weighted by atomic mass is 10.0. The molecule has 31 heavy (non-hydrogen) atoms. The minimum atomic E-state index is -3.24. The minimum absolute atomic E-state index is 0.593. The first kappa shape index (κ1) is 19.5. The Balaban J connectivity index is 1.98. The summed E-state index contributed by atoms with van der Waals surface area (Å²) in [6.45, 7) is 2.06. The molecule has 152 valence electrons. The molecule has 0 aliphatic heterocycles. The van der Waals surface area contributed by atoms with Crippen molar-refractivity contribution < 1.29 is 9.30 Å². The monoisotopic (exact) mass is 423 g/mol. The van der Waals surface area contributed by atoms with Crippen molar-refractivity contribution >= 4 is 44.9 Å². The average Bonchev–Trinajstić information content (AvgIpc) is 2.83. The third-order valence-corrected chi connectivity index (χ3v) is 8.66. The molecule has 1 heterocycles.